The summed E-state index contributed by atoms with van der Waals surface area (Å²) in [6.07, 6.45) is 2.38. The summed E-state index contributed by atoms with van der Waals surface area (Å²) in [5, 5.41) is 12.8. The second-order valence-electron chi connectivity index (χ2n) is 8.11. The van der Waals surface area contributed by atoms with Gasteiger partial charge in [-0.05, 0) is 40.1 Å². The molecule has 3 heterocycles. The summed E-state index contributed by atoms with van der Waals surface area (Å²) in [6.45, 7) is 3.38. The SMILES string of the molecule is O=C(c1ccco1)N1CCN([C@@H](c2ccccc2)c2nnnn2CCc2ccccc2)CC1. The molecule has 168 valence electrons. The van der Waals surface area contributed by atoms with Crippen LogP contribution >= 0.6 is 0 Å². The third kappa shape index (κ3) is 4.70. The molecular formula is C25H26N6O2. The molecule has 1 fully saturated rings. The van der Waals surface area contributed by atoms with E-state index in [1.165, 1.54) is 11.8 Å². The Morgan fingerprint density at radius 2 is 1.64 bits per heavy atom. The molecule has 0 aliphatic carbocycles. The summed E-state index contributed by atoms with van der Waals surface area (Å²) in [6, 6.07) is 24.0. The number of hydrogen-bond acceptors (Lipinski definition) is 6. The number of aromatic nitrogens is 4. The number of rotatable bonds is 7. The van der Waals surface area contributed by atoms with Gasteiger partial charge in [-0.3, -0.25) is 9.69 Å². The van der Waals surface area contributed by atoms with Crippen LogP contribution in [-0.4, -0.2) is 62.1 Å². The zero-order chi connectivity index (χ0) is 22.5. The number of piperazine rings is 1. The van der Waals surface area contributed by atoms with Crippen molar-refractivity contribution < 1.29 is 9.21 Å². The van der Waals surface area contributed by atoms with Gasteiger partial charge in [0.05, 0.1) is 12.3 Å². The van der Waals surface area contributed by atoms with Gasteiger partial charge in [0, 0.05) is 32.7 Å². The van der Waals surface area contributed by atoms with Crippen LogP contribution in [0.4, 0.5) is 0 Å². The van der Waals surface area contributed by atoms with Crippen LogP contribution in [0.5, 0.6) is 0 Å². The van der Waals surface area contributed by atoms with Gasteiger partial charge in [0.1, 0.15) is 0 Å². The summed E-state index contributed by atoms with van der Waals surface area (Å²) < 4.78 is 7.20. The Morgan fingerprint density at radius 3 is 2.33 bits per heavy atom. The highest BCUT2D eigenvalue weighted by atomic mass is 16.3. The van der Waals surface area contributed by atoms with Crippen molar-refractivity contribution in [3.63, 3.8) is 0 Å². The average Bonchev–Trinajstić information content (AvgIpc) is 3.57. The van der Waals surface area contributed by atoms with Crippen LogP contribution < -0.4 is 0 Å². The molecule has 0 radical (unpaired) electrons. The van der Waals surface area contributed by atoms with Gasteiger partial charge in [0.2, 0.25) is 0 Å². The minimum absolute atomic E-state index is 0.0661. The van der Waals surface area contributed by atoms with Crippen molar-refractivity contribution in [2.24, 2.45) is 0 Å². The van der Waals surface area contributed by atoms with Gasteiger partial charge in [0.15, 0.2) is 11.6 Å². The van der Waals surface area contributed by atoms with Gasteiger partial charge in [-0.1, -0.05) is 60.7 Å². The van der Waals surface area contributed by atoms with E-state index >= 15 is 0 Å². The van der Waals surface area contributed by atoms with E-state index in [9.17, 15) is 4.79 Å². The lowest BCUT2D eigenvalue weighted by Gasteiger charge is -2.38. The number of hydrogen-bond donors (Lipinski definition) is 0. The van der Waals surface area contributed by atoms with Gasteiger partial charge >= 0.3 is 0 Å². The predicted octanol–water partition coefficient (Wildman–Crippen LogP) is 3.06. The maximum atomic E-state index is 12.7. The van der Waals surface area contributed by atoms with Crippen molar-refractivity contribution in [1.29, 1.82) is 0 Å². The van der Waals surface area contributed by atoms with E-state index in [4.69, 9.17) is 4.42 Å². The minimum Gasteiger partial charge on any atom is -0.459 e. The molecule has 1 amide bonds. The lowest BCUT2D eigenvalue weighted by Crippen LogP contribution is -2.50. The minimum atomic E-state index is -0.0853. The average molecular weight is 443 g/mol. The van der Waals surface area contributed by atoms with E-state index in [-0.39, 0.29) is 11.9 Å². The first-order chi connectivity index (χ1) is 16.3. The Morgan fingerprint density at radius 1 is 0.909 bits per heavy atom. The van der Waals surface area contributed by atoms with Gasteiger partial charge in [-0.15, -0.1) is 5.10 Å². The first kappa shape index (κ1) is 21.1. The molecule has 2 aromatic heterocycles. The van der Waals surface area contributed by atoms with E-state index < -0.39 is 0 Å². The number of nitrogens with zero attached hydrogens (tertiary/aromatic N) is 6. The largest absolute Gasteiger partial charge is 0.459 e. The molecule has 2 aromatic carbocycles. The molecule has 4 aromatic rings. The molecule has 0 saturated carbocycles. The van der Waals surface area contributed by atoms with E-state index in [1.54, 1.807) is 12.1 Å². The molecular weight excluding hydrogens is 416 g/mol. The smallest absolute Gasteiger partial charge is 0.289 e. The maximum Gasteiger partial charge on any atom is 0.289 e. The summed E-state index contributed by atoms with van der Waals surface area (Å²) in [7, 11) is 0. The molecule has 0 bridgehead atoms. The number of benzene rings is 2. The molecule has 0 N–H and O–H groups in total. The van der Waals surface area contributed by atoms with Crippen LogP contribution in [0.3, 0.4) is 0 Å². The van der Waals surface area contributed by atoms with Crippen molar-refractivity contribution in [1.82, 2.24) is 30.0 Å². The van der Waals surface area contributed by atoms with Crippen LogP contribution in [0.25, 0.3) is 0 Å². The third-order valence-electron chi connectivity index (χ3n) is 6.07. The summed E-state index contributed by atoms with van der Waals surface area (Å²) in [5.74, 6) is 1.14. The number of carbonyl (C=O) groups is 1. The highest BCUT2D eigenvalue weighted by Gasteiger charge is 2.32. The Labute approximate surface area is 192 Å². The molecule has 5 rings (SSSR count). The Kier molecular flexibility index (Phi) is 6.25. The third-order valence-corrected chi connectivity index (χ3v) is 6.07. The van der Waals surface area contributed by atoms with E-state index in [0.717, 1.165) is 30.9 Å². The quantitative estimate of drug-likeness (QED) is 0.438. The van der Waals surface area contributed by atoms with Crippen molar-refractivity contribution in [2.75, 3.05) is 26.2 Å². The normalized spacial score (nSPS) is 15.5. The van der Waals surface area contributed by atoms with Crippen LogP contribution in [-0.2, 0) is 13.0 Å². The molecule has 0 unspecified atom stereocenters. The lowest BCUT2D eigenvalue weighted by molar-refractivity contribution is 0.0559. The zero-order valence-corrected chi connectivity index (χ0v) is 18.3. The molecule has 8 heteroatoms. The van der Waals surface area contributed by atoms with Crippen molar-refractivity contribution in [3.8, 4) is 0 Å². The molecule has 1 atom stereocenters. The molecule has 1 aliphatic heterocycles. The second kappa shape index (κ2) is 9.79. The van der Waals surface area contributed by atoms with Crippen LogP contribution in [0.1, 0.15) is 33.5 Å². The van der Waals surface area contributed by atoms with E-state index in [1.807, 2.05) is 46.0 Å². The lowest BCUT2D eigenvalue weighted by atomic mass is 10.0. The first-order valence-corrected chi connectivity index (χ1v) is 11.2. The fourth-order valence-corrected chi connectivity index (χ4v) is 4.34. The topological polar surface area (TPSA) is 80.3 Å². The van der Waals surface area contributed by atoms with Gasteiger partial charge in [-0.25, -0.2) is 4.68 Å². The first-order valence-electron chi connectivity index (χ1n) is 11.2. The highest BCUT2D eigenvalue weighted by molar-refractivity contribution is 5.91. The van der Waals surface area contributed by atoms with E-state index in [2.05, 4.69) is 44.7 Å². The summed E-state index contributed by atoms with van der Waals surface area (Å²) >= 11 is 0. The van der Waals surface area contributed by atoms with Crippen molar-refractivity contribution in [2.45, 2.75) is 19.0 Å². The number of furan rings is 1. The monoisotopic (exact) mass is 442 g/mol. The van der Waals surface area contributed by atoms with E-state index in [0.29, 0.717) is 25.4 Å². The van der Waals surface area contributed by atoms with Gasteiger partial charge in [0.25, 0.3) is 5.91 Å². The van der Waals surface area contributed by atoms with Gasteiger partial charge < -0.3 is 9.32 Å². The Balaban J connectivity index is 1.35. The number of aryl methyl sites for hydroxylation is 2. The number of amides is 1. The molecule has 33 heavy (non-hydrogen) atoms. The van der Waals surface area contributed by atoms with Gasteiger partial charge in [-0.2, -0.15) is 0 Å². The molecule has 1 saturated heterocycles. The second-order valence-corrected chi connectivity index (χ2v) is 8.11. The number of carbonyl (C=O) groups excluding carboxylic acids is 1. The van der Waals surface area contributed by atoms with Crippen LogP contribution in [0, 0.1) is 0 Å². The zero-order valence-electron chi connectivity index (χ0n) is 18.3. The number of tetrazole rings is 1. The fourth-order valence-electron chi connectivity index (χ4n) is 4.34. The maximum absolute atomic E-state index is 12.7. The Bertz CT molecular complexity index is 1150. The standard InChI is InChI=1S/C25H26N6O2/c32-25(22-12-7-19-33-22)30-17-15-29(16-18-30)23(21-10-5-2-6-11-21)24-26-27-28-31(24)14-13-20-8-3-1-4-9-20/h1-12,19,23H,13-18H2/t23-/m0/s1. The molecule has 1 aliphatic rings. The van der Waals surface area contributed by atoms with Crippen LogP contribution in [0.2, 0.25) is 0 Å². The van der Waals surface area contributed by atoms with Crippen LogP contribution in [0.15, 0.2) is 83.5 Å². The van der Waals surface area contributed by atoms with Crippen molar-refractivity contribution in [3.05, 3.63) is 102 Å². The van der Waals surface area contributed by atoms with Crippen molar-refractivity contribution >= 4 is 5.91 Å². The predicted molar refractivity (Wildman–Crippen MR) is 122 cm³/mol. The molecule has 8 nitrogen and oxygen atoms in total. The Hall–Kier alpha value is -3.78. The molecule has 0 spiro atoms. The highest BCUT2D eigenvalue weighted by Crippen LogP contribution is 2.28. The fraction of sp³-hybridized carbons (Fsp3) is 0.280. The summed E-state index contributed by atoms with van der Waals surface area (Å²) in [4.78, 5) is 16.9. The summed E-state index contributed by atoms with van der Waals surface area (Å²) in [5.41, 5.74) is 2.39.